The Morgan fingerprint density at radius 2 is 2.11 bits per heavy atom. The molecule has 4 rings (SSSR count). The first-order valence-corrected chi connectivity index (χ1v) is 8.46. The van der Waals surface area contributed by atoms with Crippen molar-refractivity contribution < 1.29 is 23.8 Å². The van der Waals surface area contributed by atoms with Crippen molar-refractivity contribution >= 4 is 17.3 Å². The van der Waals surface area contributed by atoms with Gasteiger partial charge < -0.3 is 14.2 Å². The Kier molecular flexibility index (Phi) is 4.24. The number of nitrogens with zero attached hydrogens (tertiary/aromatic N) is 1. The minimum Gasteiger partial charge on any atom is -0.493 e. The second-order valence-corrected chi connectivity index (χ2v) is 6.28. The van der Waals surface area contributed by atoms with Gasteiger partial charge in [0.1, 0.15) is 6.61 Å². The molecule has 1 aliphatic heterocycles. The van der Waals surface area contributed by atoms with Gasteiger partial charge in [-0.2, -0.15) is 0 Å². The van der Waals surface area contributed by atoms with E-state index in [1.54, 1.807) is 37.7 Å². The van der Waals surface area contributed by atoms with E-state index in [-0.39, 0.29) is 12.4 Å². The molecule has 0 fully saturated rings. The molecule has 0 spiro atoms. The first-order chi connectivity index (χ1) is 13.1. The molecular weight excluding hydrogens is 346 g/mol. The lowest BCUT2D eigenvalue weighted by molar-refractivity contribution is 0.0298. The van der Waals surface area contributed by atoms with Crippen LogP contribution >= 0.6 is 0 Å². The molecule has 1 aromatic carbocycles. The van der Waals surface area contributed by atoms with Crippen molar-refractivity contribution in [3.8, 4) is 0 Å². The van der Waals surface area contributed by atoms with Gasteiger partial charge in [0.15, 0.2) is 23.4 Å². The number of fused-ring (bicyclic) bond motifs is 3. The molecule has 1 atom stereocenters. The van der Waals surface area contributed by atoms with E-state index in [1.807, 2.05) is 18.2 Å². The van der Waals surface area contributed by atoms with Gasteiger partial charge in [0.05, 0.1) is 12.7 Å². The van der Waals surface area contributed by atoms with Crippen LogP contribution in [0.15, 0.2) is 60.3 Å². The molecule has 1 aromatic heterocycles. The molecule has 0 saturated heterocycles. The zero-order chi connectivity index (χ0) is 19.0. The maximum Gasteiger partial charge on any atom is 0.339 e. The van der Waals surface area contributed by atoms with E-state index in [9.17, 15) is 9.59 Å². The largest absolute Gasteiger partial charge is 0.493 e. The monoisotopic (exact) mass is 363 g/mol. The highest BCUT2D eigenvalue weighted by atomic mass is 16.6. The lowest BCUT2D eigenvalue weighted by Gasteiger charge is -2.26. The fourth-order valence-electron chi connectivity index (χ4n) is 3.20. The summed E-state index contributed by atoms with van der Waals surface area (Å²) in [5.41, 5.74) is 3.22. The van der Waals surface area contributed by atoms with E-state index in [0.29, 0.717) is 22.6 Å². The van der Waals surface area contributed by atoms with Gasteiger partial charge in [-0.15, -0.1) is 0 Å². The van der Waals surface area contributed by atoms with Gasteiger partial charge in [0.25, 0.3) is 0 Å². The fraction of sp³-hybridized carbons (Fsp3) is 0.190. The van der Waals surface area contributed by atoms with Crippen molar-refractivity contribution in [2.24, 2.45) is 0 Å². The lowest BCUT2D eigenvalue weighted by atomic mass is 9.92. The number of hydrogen-bond donors (Lipinski definition) is 0. The molecule has 0 bridgehead atoms. The molecule has 2 heterocycles. The summed E-state index contributed by atoms with van der Waals surface area (Å²) in [6.07, 6.45) is 4.54. The number of methoxy groups -OCH3 is 1. The minimum atomic E-state index is -0.667. The Labute approximate surface area is 156 Å². The molecule has 2 aliphatic rings. The molecule has 27 heavy (non-hydrogen) atoms. The highest BCUT2D eigenvalue weighted by molar-refractivity contribution is 6.04. The van der Waals surface area contributed by atoms with Crippen molar-refractivity contribution in [1.82, 2.24) is 4.98 Å². The van der Waals surface area contributed by atoms with E-state index >= 15 is 0 Å². The summed E-state index contributed by atoms with van der Waals surface area (Å²) >= 11 is 0. The maximum absolute atomic E-state index is 12.5. The van der Waals surface area contributed by atoms with Gasteiger partial charge in [-0.1, -0.05) is 18.2 Å². The average molecular weight is 363 g/mol. The lowest BCUT2D eigenvalue weighted by Crippen LogP contribution is -2.28. The zero-order valence-electron chi connectivity index (χ0n) is 14.9. The third kappa shape index (κ3) is 2.99. The van der Waals surface area contributed by atoms with E-state index < -0.39 is 12.1 Å². The molecule has 6 heteroatoms. The number of benzene rings is 1. The van der Waals surface area contributed by atoms with Gasteiger partial charge in [0.2, 0.25) is 0 Å². The number of carbonyl (C=O) groups excluding carboxylic acids is 2. The fourth-order valence-corrected chi connectivity index (χ4v) is 3.20. The number of ether oxygens (including phenoxy) is 3. The number of carbonyl (C=O) groups is 2. The normalized spacial score (nSPS) is 17.6. The summed E-state index contributed by atoms with van der Waals surface area (Å²) in [4.78, 5) is 28.2. The molecular formula is C21H17NO5. The van der Waals surface area contributed by atoms with Crippen LogP contribution in [0.5, 0.6) is 0 Å². The van der Waals surface area contributed by atoms with E-state index in [4.69, 9.17) is 14.2 Å². The Morgan fingerprint density at radius 3 is 2.81 bits per heavy atom. The Morgan fingerprint density at radius 1 is 1.26 bits per heavy atom. The van der Waals surface area contributed by atoms with Gasteiger partial charge >= 0.3 is 5.97 Å². The van der Waals surface area contributed by atoms with Crippen LogP contribution in [0.1, 0.15) is 38.8 Å². The number of hydrogen-bond acceptors (Lipinski definition) is 6. The molecule has 6 nitrogen and oxygen atoms in total. The second-order valence-electron chi connectivity index (χ2n) is 6.28. The first-order valence-electron chi connectivity index (χ1n) is 8.46. The SMILES string of the molecule is COC1=C(OCc2cccnc2)C2OC(=O)c3cc(C(C)=O)ccc3C2=C1. The highest BCUT2D eigenvalue weighted by Gasteiger charge is 2.40. The molecule has 0 saturated carbocycles. The van der Waals surface area contributed by atoms with Crippen molar-refractivity contribution in [2.45, 2.75) is 19.6 Å². The predicted molar refractivity (Wildman–Crippen MR) is 96.7 cm³/mol. The van der Waals surface area contributed by atoms with Crippen LogP contribution in [0.2, 0.25) is 0 Å². The predicted octanol–water partition coefficient (Wildman–Crippen LogP) is 3.30. The summed E-state index contributed by atoms with van der Waals surface area (Å²) in [5.74, 6) is 0.362. The third-order valence-corrected chi connectivity index (χ3v) is 4.57. The summed E-state index contributed by atoms with van der Waals surface area (Å²) in [6, 6.07) is 8.76. The molecule has 2 aromatic rings. The number of allylic oxidation sites excluding steroid dienone is 1. The quantitative estimate of drug-likeness (QED) is 0.599. The summed E-state index contributed by atoms with van der Waals surface area (Å²) < 4.78 is 17.0. The minimum absolute atomic E-state index is 0.107. The Hall–Kier alpha value is -3.41. The summed E-state index contributed by atoms with van der Waals surface area (Å²) in [6.45, 7) is 1.74. The number of esters is 1. The molecule has 0 N–H and O–H groups in total. The van der Waals surface area contributed by atoms with Gasteiger partial charge in [-0.25, -0.2) is 4.79 Å². The summed E-state index contributed by atoms with van der Waals surface area (Å²) in [5, 5.41) is 0. The third-order valence-electron chi connectivity index (χ3n) is 4.57. The van der Waals surface area contributed by atoms with Crippen molar-refractivity contribution in [2.75, 3.05) is 7.11 Å². The van der Waals surface area contributed by atoms with E-state index in [2.05, 4.69) is 4.98 Å². The number of aromatic nitrogens is 1. The van der Waals surface area contributed by atoms with Crippen molar-refractivity contribution in [3.05, 3.63) is 82.6 Å². The van der Waals surface area contributed by atoms with Crippen LogP contribution in [-0.2, 0) is 20.8 Å². The number of rotatable bonds is 5. The van der Waals surface area contributed by atoms with Gasteiger partial charge in [0, 0.05) is 29.1 Å². The second kappa shape index (κ2) is 6.72. The summed E-state index contributed by atoms with van der Waals surface area (Å²) in [7, 11) is 1.54. The number of Topliss-reactive ketones (excluding diaryl/α,β-unsaturated/α-hetero) is 1. The molecule has 1 aliphatic carbocycles. The standard InChI is InChI=1S/C21H17NO5/c1-12(23)14-5-6-15-16-9-18(25-2)20(19(16)27-21(24)17(15)8-14)26-11-13-4-3-7-22-10-13/h3-10,19H,11H2,1-2H3. The van der Waals surface area contributed by atoms with Crippen LogP contribution in [0.3, 0.4) is 0 Å². The van der Waals surface area contributed by atoms with Crippen LogP contribution in [0.25, 0.3) is 5.57 Å². The number of pyridine rings is 1. The van der Waals surface area contributed by atoms with Crippen LogP contribution in [0.4, 0.5) is 0 Å². The van der Waals surface area contributed by atoms with Gasteiger partial charge in [-0.3, -0.25) is 9.78 Å². The van der Waals surface area contributed by atoms with Gasteiger partial charge in [-0.05, 0) is 30.7 Å². The van der Waals surface area contributed by atoms with Crippen LogP contribution in [-0.4, -0.2) is 30.0 Å². The molecule has 1 unspecified atom stereocenters. The van der Waals surface area contributed by atoms with Crippen LogP contribution in [0, 0.1) is 0 Å². The maximum atomic E-state index is 12.5. The topological polar surface area (TPSA) is 74.7 Å². The Bertz CT molecular complexity index is 991. The first kappa shape index (κ1) is 17.0. The Balaban J connectivity index is 1.65. The number of ketones is 1. The molecule has 136 valence electrons. The zero-order valence-corrected chi connectivity index (χ0v) is 14.9. The highest BCUT2D eigenvalue weighted by Crippen LogP contribution is 2.41. The average Bonchev–Trinajstić information content (AvgIpc) is 3.04. The van der Waals surface area contributed by atoms with E-state index in [0.717, 1.165) is 16.7 Å². The molecule has 0 amide bonds. The smallest absolute Gasteiger partial charge is 0.339 e. The van der Waals surface area contributed by atoms with Crippen molar-refractivity contribution in [1.29, 1.82) is 0 Å². The van der Waals surface area contributed by atoms with Crippen LogP contribution < -0.4 is 0 Å². The van der Waals surface area contributed by atoms with Crippen molar-refractivity contribution in [3.63, 3.8) is 0 Å². The molecule has 0 radical (unpaired) electrons. The van der Waals surface area contributed by atoms with E-state index in [1.165, 1.54) is 6.92 Å².